The lowest BCUT2D eigenvalue weighted by Crippen LogP contribution is -2.01. The van der Waals surface area contributed by atoms with E-state index in [1.54, 1.807) is 18.2 Å². The van der Waals surface area contributed by atoms with Crippen molar-refractivity contribution < 1.29 is 8.63 Å². The molecule has 0 aliphatic heterocycles. The molecule has 58 valence electrons. The van der Waals surface area contributed by atoms with Gasteiger partial charge in [-0.05, 0) is 17.7 Å². The molecular formula is C7H6BBrF2. The first-order valence-corrected chi connectivity index (χ1v) is 4.00. The van der Waals surface area contributed by atoms with Crippen LogP contribution in [0.5, 0.6) is 0 Å². The summed E-state index contributed by atoms with van der Waals surface area (Å²) in [6.07, 6.45) is -0.167. The Bertz CT molecular complexity index is 240. The highest BCUT2D eigenvalue weighted by molar-refractivity contribution is 9.10. The van der Waals surface area contributed by atoms with E-state index in [2.05, 4.69) is 15.9 Å². The van der Waals surface area contributed by atoms with E-state index in [1.807, 2.05) is 6.07 Å². The summed E-state index contributed by atoms with van der Waals surface area (Å²) in [7, 11) is -2.26. The first-order chi connectivity index (χ1) is 5.18. The number of halogens is 3. The Hall–Kier alpha value is -0.375. The molecule has 0 saturated carbocycles. The Labute approximate surface area is 72.9 Å². The number of benzene rings is 1. The molecule has 0 N–H and O–H groups in total. The van der Waals surface area contributed by atoms with Crippen molar-refractivity contribution in [3.8, 4) is 0 Å². The summed E-state index contributed by atoms with van der Waals surface area (Å²) in [6.45, 7) is 0. The summed E-state index contributed by atoms with van der Waals surface area (Å²) < 4.78 is 24.5. The molecule has 0 fully saturated rings. The maximum Gasteiger partial charge on any atom is 0.542 e. The normalized spacial score (nSPS) is 9.73. The topological polar surface area (TPSA) is 0 Å². The lowest BCUT2D eigenvalue weighted by atomic mass is 9.88. The van der Waals surface area contributed by atoms with E-state index in [0.717, 1.165) is 4.47 Å². The van der Waals surface area contributed by atoms with Gasteiger partial charge < -0.3 is 0 Å². The van der Waals surface area contributed by atoms with E-state index >= 15 is 0 Å². The summed E-state index contributed by atoms with van der Waals surface area (Å²) in [5.41, 5.74) is 0.661. The van der Waals surface area contributed by atoms with Crippen LogP contribution in [0.3, 0.4) is 0 Å². The van der Waals surface area contributed by atoms with Gasteiger partial charge in [0.25, 0.3) is 0 Å². The van der Waals surface area contributed by atoms with Crippen molar-refractivity contribution in [1.29, 1.82) is 0 Å². The number of hydrogen-bond acceptors (Lipinski definition) is 0. The van der Waals surface area contributed by atoms with Gasteiger partial charge in [0, 0.05) is 10.8 Å². The van der Waals surface area contributed by atoms with Crippen molar-refractivity contribution in [2.24, 2.45) is 0 Å². The van der Waals surface area contributed by atoms with Crippen LogP contribution in [0.15, 0.2) is 28.7 Å². The van der Waals surface area contributed by atoms with Crippen LogP contribution in [-0.2, 0) is 6.32 Å². The Morgan fingerprint density at radius 1 is 1.36 bits per heavy atom. The monoisotopic (exact) mass is 218 g/mol. The van der Waals surface area contributed by atoms with Crippen molar-refractivity contribution >= 4 is 23.2 Å². The summed E-state index contributed by atoms with van der Waals surface area (Å²) in [5.74, 6) is 0. The zero-order chi connectivity index (χ0) is 8.27. The molecule has 0 heterocycles. The maximum atomic E-state index is 11.8. The van der Waals surface area contributed by atoms with Gasteiger partial charge in [-0.15, -0.1) is 0 Å². The van der Waals surface area contributed by atoms with E-state index in [-0.39, 0.29) is 6.32 Å². The second kappa shape index (κ2) is 3.86. The fourth-order valence-corrected chi connectivity index (χ4v) is 1.29. The summed E-state index contributed by atoms with van der Waals surface area (Å²) in [6, 6.07) is 6.96. The third-order valence-corrected chi connectivity index (χ3v) is 1.77. The first-order valence-electron chi connectivity index (χ1n) is 3.21. The van der Waals surface area contributed by atoms with Crippen LogP contribution in [0.25, 0.3) is 0 Å². The molecule has 0 radical (unpaired) electrons. The molecule has 0 unspecified atom stereocenters. The molecule has 0 aromatic heterocycles. The van der Waals surface area contributed by atoms with Gasteiger partial charge in [-0.25, -0.2) is 0 Å². The molecule has 11 heavy (non-hydrogen) atoms. The van der Waals surface area contributed by atoms with Gasteiger partial charge in [-0.2, -0.15) is 0 Å². The fourth-order valence-electron chi connectivity index (χ4n) is 0.842. The van der Waals surface area contributed by atoms with Gasteiger partial charge in [0.15, 0.2) is 0 Å². The predicted molar refractivity (Wildman–Crippen MR) is 45.8 cm³/mol. The standard InChI is InChI=1S/C7H6BBrF2/c9-7-3-1-2-6(4-7)5-8(10)11/h1-4H,5H2. The molecule has 0 saturated heterocycles. The molecule has 4 heteroatoms. The minimum absolute atomic E-state index is 0.167. The molecule has 1 aromatic carbocycles. The Morgan fingerprint density at radius 3 is 2.64 bits per heavy atom. The van der Waals surface area contributed by atoms with Crippen LogP contribution < -0.4 is 0 Å². The van der Waals surface area contributed by atoms with Gasteiger partial charge in [0.2, 0.25) is 0 Å². The summed E-state index contributed by atoms with van der Waals surface area (Å²) >= 11 is 3.21. The van der Waals surface area contributed by atoms with Crippen molar-refractivity contribution in [1.82, 2.24) is 0 Å². The molecule has 1 aromatic rings. The molecule has 1 rings (SSSR count). The highest BCUT2D eigenvalue weighted by Crippen LogP contribution is 2.13. The van der Waals surface area contributed by atoms with Crippen molar-refractivity contribution in [2.45, 2.75) is 6.32 Å². The second-order valence-electron chi connectivity index (χ2n) is 2.23. The van der Waals surface area contributed by atoms with Crippen molar-refractivity contribution in [2.75, 3.05) is 0 Å². The number of hydrogen-bond donors (Lipinski definition) is 0. The molecule has 0 amide bonds. The van der Waals surface area contributed by atoms with Gasteiger partial charge in [0.05, 0.1) is 0 Å². The minimum atomic E-state index is -2.26. The third kappa shape index (κ3) is 3.01. The van der Waals surface area contributed by atoms with Gasteiger partial charge in [-0.3, -0.25) is 8.63 Å². The highest BCUT2D eigenvalue weighted by atomic mass is 79.9. The van der Waals surface area contributed by atoms with Crippen LogP contribution in [0.2, 0.25) is 0 Å². The zero-order valence-electron chi connectivity index (χ0n) is 5.73. The van der Waals surface area contributed by atoms with Crippen LogP contribution in [0.1, 0.15) is 5.56 Å². The van der Waals surface area contributed by atoms with E-state index in [0.29, 0.717) is 5.56 Å². The van der Waals surface area contributed by atoms with Crippen LogP contribution >= 0.6 is 15.9 Å². The first kappa shape index (κ1) is 8.72. The molecule has 0 nitrogen and oxygen atoms in total. The van der Waals surface area contributed by atoms with Crippen molar-refractivity contribution in [3.05, 3.63) is 34.3 Å². The highest BCUT2D eigenvalue weighted by Gasteiger charge is 2.12. The SMILES string of the molecule is FB(F)Cc1cccc(Br)c1. The maximum absolute atomic E-state index is 11.8. The molecule has 0 atom stereocenters. The zero-order valence-corrected chi connectivity index (χ0v) is 7.31. The molecule has 0 aliphatic carbocycles. The fraction of sp³-hybridized carbons (Fsp3) is 0.143. The Balaban J connectivity index is 2.71. The molecule has 0 bridgehead atoms. The van der Waals surface area contributed by atoms with E-state index in [4.69, 9.17) is 0 Å². The third-order valence-electron chi connectivity index (χ3n) is 1.28. The molecular weight excluding hydrogens is 213 g/mol. The Morgan fingerprint density at radius 2 is 2.09 bits per heavy atom. The van der Waals surface area contributed by atoms with Crippen LogP contribution in [-0.4, -0.2) is 7.27 Å². The van der Waals surface area contributed by atoms with Gasteiger partial charge in [0.1, 0.15) is 0 Å². The van der Waals surface area contributed by atoms with E-state index in [9.17, 15) is 8.63 Å². The van der Waals surface area contributed by atoms with Crippen molar-refractivity contribution in [3.63, 3.8) is 0 Å². The smallest absolute Gasteiger partial charge is 0.287 e. The summed E-state index contributed by atoms with van der Waals surface area (Å²) in [5, 5.41) is 0. The quantitative estimate of drug-likeness (QED) is 0.670. The Kier molecular flexibility index (Phi) is 3.06. The lowest BCUT2D eigenvalue weighted by molar-refractivity contribution is 0.654. The van der Waals surface area contributed by atoms with E-state index in [1.165, 1.54) is 0 Å². The summed E-state index contributed by atoms with van der Waals surface area (Å²) in [4.78, 5) is 0. The van der Waals surface area contributed by atoms with Gasteiger partial charge >= 0.3 is 7.27 Å². The second-order valence-corrected chi connectivity index (χ2v) is 3.14. The van der Waals surface area contributed by atoms with Crippen LogP contribution in [0, 0.1) is 0 Å². The lowest BCUT2D eigenvalue weighted by Gasteiger charge is -1.96. The molecule has 0 aliphatic rings. The molecule has 0 spiro atoms. The predicted octanol–water partition coefficient (Wildman–Crippen LogP) is 2.96. The minimum Gasteiger partial charge on any atom is -0.287 e. The largest absolute Gasteiger partial charge is 0.542 e. The van der Waals surface area contributed by atoms with Crippen LogP contribution in [0.4, 0.5) is 8.63 Å². The average Bonchev–Trinajstić information content (AvgIpc) is 1.85. The number of rotatable bonds is 2. The van der Waals surface area contributed by atoms with Gasteiger partial charge in [-0.1, -0.05) is 28.1 Å². The van der Waals surface area contributed by atoms with E-state index < -0.39 is 7.27 Å². The average molecular weight is 219 g/mol.